The maximum Gasteiger partial charge on any atom is 6.00 e. The van der Waals surface area contributed by atoms with Crippen LogP contribution in [0.1, 0.15) is 0 Å². The van der Waals surface area contributed by atoms with E-state index in [2.05, 4.69) is 126 Å². The Hall–Kier alpha value is -7.48. The molecule has 4 aliphatic heterocycles. The van der Waals surface area contributed by atoms with E-state index in [1.807, 2.05) is 76.5 Å². The monoisotopic (exact) mass is 1070 g/mol. The number of hydrogen-bond acceptors (Lipinski definition) is 8. The average Bonchev–Trinajstić information content (AvgIpc) is 4.10. The van der Waals surface area contributed by atoms with Gasteiger partial charge >= 0.3 is 19.8 Å². The Morgan fingerprint density at radius 2 is 0.567 bits per heavy atom. The number of rotatable bonds is 6. The Bertz CT molecular complexity index is 2900. The van der Waals surface area contributed by atoms with Gasteiger partial charge in [0.05, 0.1) is 0 Å². The fourth-order valence-electron chi connectivity index (χ4n) is 8.74. The first-order valence-electron chi connectivity index (χ1n) is 21.1. The number of fused-ring (bicyclic) bond motifs is 4. The minimum Gasteiger partial charge on any atom is -0.504 e. The van der Waals surface area contributed by atoms with Crippen LogP contribution in [0.25, 0.3) is 0 Å². The minimum atomic E-state index is -0.668. The number of para-hydroxylation sites is 8. The standard InChI is InChI=1S/C32H19F4N4.C22H19N4.Os/c33-21-12-22(34)15-27(14-21)39-19-37(29-8-1-3-10-31(29)39)25-6-5-7-26(18-25)38-20-40(32-11-4-2-9-30(32)38)28-16-23(35)13-24(36)17-28;1-23-15-25(21-12-5-3-10-19(21)23)17-8-7-9-18(14-17)26-16-24(2)20-11-4-6-13-22(20)26;/h1-17,19-20H;3-13,15-16H,1-2H3;/q2*-3;+6. The van der Waals surface area contributed by atoms with E-state index in [-0.39, 0.29) is 19.8 Å². The summed E-state index contributed by atoms with van der Waals surface area (Å²) in [6, 6.07) is 57.7. The van der Waals surface area contributed by atoms with Gasteiger partial charge in [-0.3, -0.25) is 0 Å². The van der Waals surface area contributed by atoms with Crippen molar-refractivity contribution in [3.63, 3.8) is 0 Å². The van der Waals surface area contributed by atoms with Gasteiger partial charge in [0.15, 0.2) is 0 Å². The van der Waals surface area contributed by atoms with Crippen molar-refractivity contribution in [2.24, 2.45) is 0 Å². The quantitative estimate of drug-likeness (QED) is 0.120. The molecule has 0 aliphatic carbocycles. The molecule has 0 radical (unpaired) electrons. The number of hydrogen-bond donors (Lipinski definition) is 0. The maximum absolute atomic E-state index is 14.1. The van der Waals surface area contributed by atoms with Gasteiger partial charge in [0, 0.05) is 69.0 Å². The second kappa shape index (κ2) is 17.7. The van der Waals surface area contributed by atoms with E-state index in [0.717, 1.165) is 46.3 Å². The molecule has 4 heterocycles. The van der Waals surface area contributed by atoms with E-state index in [1.54, 1.807) is 23.1 Å². The summed E-state index contributed by atoms with van der Waals surface area (Å²) >= 11 is 0. The Morgan fingerprint density at radius 1 is 0.313 bits per heavy atom. The molecule has 0 N–H and O–H groups in total. The molecule has 0 saturated heterocycles. The van der Waals surface area contributed by atoms with Gasteiger partial charge < -0.3 is 39.2 Å². The number of benzene rings is 8. The molecule has 0 spiro atoms. The SMILES string of the molecule is CN1[CH-]N(c2[c-]c(N3[CH-]N(C)c4ccccc43)ccc2)c2ccccc21.Fc1cc(F)cc(N2[CH-]N(c3[c-]c(N4[CH-]N(c5cc(F)cc(F)c5)c5ccccc54)ccc3)c3ccccc32)c1.[Os+6]. The predicted octanol–water partition coefficient (Wildman–Crippen LogP) is 13.8. The van der Waals surface area contributed by atoms with E-state index >= 15 is 0 Å². The first-order valence-corrected chi connectivity index (χ1v) is 21.1. The van der Waals surface area contributed by atoms with E-state index in [1.165, 1.54) is 47.0 Å². The summed E-state index contributed by atoms with van der Waals surface area (Å²) in [6.07, 6.45) is 0. The van der Waals surface area contributed by atoms with Crippen molar-refractivity contribution in [2.75, 3.05) is 53.3 Å². The number of halogens is 4. The predicted molar refractivity (Wildman–Crippen MR) is 256 cm³/mol. The summed E-state index contributed by atoms with van der Waals surface area (Å²) in [7, 11) is 4.14. The Kier molecular flexibility index (Phi) is 11.5. The van der Waals surface area contributed by atoms with Crippen molar-refractivity contribution in [1.82, 2.24) is 0 Å². The smallest absolute Gasteiger partial charge is 0.504 e. The van der Waals surface area contributed by atoms with Crippen LogP contribution in [0, 0.1) is 62.1 Å². The number of anilines is 14. The van der Waals surface area contributed by atoms with Gasteiger partial charge in [0.25, 0.3) is 0 Å². The molecule has 0 bridgehead atoms. The van der Waals surface area contributed by atoms with E-state index in [0.29, 0.717) is 22.7 Å². The first-order chi connectivity index (χ1) is 32.2. The summed E-state index contributed by atoms with van der Waals surface area (Å²) in [6.45, 7) is 7.73. The van der Waals surface area contributed by atoms with Gasteiger partial charge in [-0.15, -0.1) is 72.5 Å². The van der Waals surface area contributed by atoms with Crippen LogP contribution in [-0.2, 0) is 19.8 Å². The minimum absolute atomic E-state index is 0. The molecule has 0 amide bonds. The van der Waals surface area contributed by atoms with Gasteiger partial charge in [-0.2, -0.15) is 25.5 Å². The van der Waals surface area contributed by atoms with Crippen molar-refractivity contribution in [3.05, 3.63) is 232 Å². The summed E-state index contributed by atoms with van der Waals surface area (Å²) in [5.74, 6) is -2.67. The summed E-state index contributed by atoms with van der Waals surface area (Å²) < 4.78 is 56.3. The van der Waals surface area contributed by atoms with Crippen LogP contribution >= 0.6 is 0 Å². The van der Waals surface area contributed by atoms with Crippen LogP contribution in [0.4, 0.5) is 97.2 Å². The molecular weight excluding hydrogens is 1030 g/mol. The van der Waals surface area contributed by atoms with Gasteiger partial charge in [-0.05, 0) is 86.9 Å². The van der Waals surface area contributed by atoms with E-state index in [9.17, 15) is 17.6 Å². The van der Waals surface area contributed by atoms with Crippen molar-refractivity contribution < 1.29 is 37.4 Å². The third-order valence-corrected chi connectivity index (χ3v) is 11.7. The summed E-state index contributed by atoms with van der Waals surface area (Å²) in [4.78, 5) is 15.9. The molecule has 8 aromatic carbocycles. The van der Waals surface area contributed by atoms with Gasteiger partial charge in [0.1, 0.15) is 23.3 Å². The fourth-order valence-corrected chi connectivity index (χ4v) is 8.74. The van der Waals surface area contributed by atoms with Crippen molar-refractivity contribution >= 4 is 79.6 Å². The molecule has 330 valence electrons. The van der Waals surface area contributed by atoms with Crippen molar-refractivity contribution in [1.29, 1.82) is 0 Å². The van der Waals surface area contributed by atoms with E-state index < -0.39 is 23.3 Å². The second-order valence-electron chi connectivity index (χ2n) is 16.0. The average molecular weight is 1070 g/mol. The molecule has 13 heteroatoms. The Balaban J connectivity index is 0.000000168. The van der Waals surface area contributed by atoms with Crippen LogP contribution in [0.2, 0.25) is 0 Å². The molecule has 8 nitrogen and oxygen atoms in total. The third-order valence-electron chi connectivity index (χ3n) is 11.7. The fraction of sp³-hybridized carbons (Fsp3) is 0.0370. The van der Waals surface area contributed by atoms with Gasteiger partial charge in [-0.1, -0.05) is 48.5 Å². The maximum atomic E-state index is 14.1. The first kappa shape index (κ1) is 43.4. The van der Waals surface area contributed by atoms with Crippen LogP contribution in [0.3, 0.4) is 0 Å². The zero-order chi connectivity index (χ0) is 45.1. The molecule has 0 aromatic heterocycles. The van der Waals surface area contributed by atoms with Crippen LogP contribution in [0.15, 0.2) is 170 Å². The van der Waals surface area contributed by atoms with Crippen molar-refractivity contribution in [2.45, 2.75) is 0 Å². The molecule has 12 rings (SSSR count). The molecule has 67 heavy (non-hydrogen) atoms. The largest absolute Gasteiger partial charge is 6.00 e. The molecule has 0 saturated carbocycles. The Labute approximate surface area is 400 Å². The van der Waals surface area contributed by atoms with Gasteiger partial charge in [-0.25, -0.2) is 17.6 Å². The molecule has 0 fully saturated rings. The van der Waals surface area contributed by atoms with Crippen LogP contribution in [-0.4, -0.2) is 14.1 Å². The van der Waals surface area contributed by atoms with Gasteiger partial charge in [0.2, 0.25) is 0 Å². The van der Waals surface area contributed by atoms with Crippen molar-refractivity contribution in [3.8, 4) is 0 Å². The molecular formula is C54H38F4N8Os. The summed E-state index contributed by atoms with van der Waals surface area (Å²) in [5, 5.41) is 0. The zero-order valence-corrected chi connectivity index (χ0v) is 38.5. The summed E-state index contributed by atoms with van der Waals surface area (Å²) in [5.41, 5.74) is 12.0. The van der Waals surface area contributed by atoms with Crippen LogP contribution < -0.4 is 39.2 Å². The zero-order valence-electron chi connectivity index (χ0n) is 35.9. The molecule has 8 aromatic rings. The second-order valence-corrected chi connectivity index (χ2v) is 16.0. The normalized spacial score (nSPS) is 14.4. The molecule has 0 atom stereocenters. The topological polar surface area (TPSA) is 25.9 Å². The molecule has 4 aliphatic rings. The third kappa shape index (κ3) is 8.04. The molecule has 0 unspecified atom stereocenters. The van der Waals surface area contributed by atoms with E-state index in [4.69, 9.17) is 0 Å². The van der Waals surface area contributed by atoms with Crippen LogP contribution in [0.5, 0.6) is 0 Å². The number of nitrogens with zero attached hydrogens (tertiary/aromatic N) is 8. The Morgan fingerprint density at radius 3 is 0.881 bits per heavy atom.